The molecule has 0 saturated carbocycles. The molecule has 0 N–H and O–H groups in total. The molecule has 84 valence electrons. The van der Waals surface area contributed by atoms with Crippen LogP contribution in [0.15, 0.2) is 23.1 Å². The van der Waals surface area contributed by atoms with Crippen molar-refractivity contribution in [2.45, 2.75) is 18.7 Å². The van der Waals surface area contributed by atoms with Gasteiger partial charge < -0.3 is 4.74 Å². The number of thioether (sulfide) groups is 1. The van der Waals surface area contributed by atoms with E-state index in [0.717, 1.165) is 10.5 Å². The Morgan fingerprint density at radius 2 is 2.31 bits per heavy atom. The molecule has 0 aliphatic carbocycles. The van der Waals surface area contributed by atoms with Crippen LogP contribution in [0.1, 0.15) is 18.1 Å². The number of benzene rings is 1. The quantitative estimate of drug-likeness (QED) is 0.594. The second-order valence-corrected chi connectivity index (χ2v) is 4.23. The molecule has 1 aromatic carbocycles. The summed E-state index contributed by atoms with van der Waals surface area (Å²) in [4.78, 5) is 12.1. The van der Waals surface area contributed by atoms with E-state index >= 15 is 0 Å². The average Bonchev–Trinajstić information content (AvgIpc) is 2.27. The molecule has 0 unspecified atom stereocenters. The Morgan fingerprint density at radius 1 is 1.56 bits per heavy atom. The maximum Gasteiger partial charge on any atom is 0.316 e. The third kappa shape index (κ3) is 3.59. The van der Waals surface area contributed by atoms with Gasteiger partial charge in [-0.2, -0.15) is 5.26 Å². The summed E-state index contributed by atoms with van der Waals surface area (Å²) in [5, 5.41) is 8.77. The van der Waals surface area contributed by atoms with Crippen LogP contribution in [-0.2, 0) is 9.53 Å². The average molecular weight is 235 g/mol. The highest BCUT2D eigenvalue weighted by Gasteiger charge is 2.04. The first-order valence-corrected chi connectivity index (χ1v) is 5.95. The minimum atomic E-state index is -0.213. The van der Waals surface area contributed by atoms with E-state index in [9.17, 15) is 4.79 Å². The van der Waals surface area contributed by atoms with Crippen molar-refractivity contribution in [2.24, 2.45) is 0 Å². The minimum Gasteiger partial charge on any atom is -0.465 e. The lowest BCUT2D eigenvalue weighted by molar-refractivity contribution is -0.139. The van der Waals surface area contributed by atoms with E-state index in [1.165, 1.54) is 11.8 Å². The SMILES string of the molecule is CCOC(=O)CSc1ccc(C#N)c(C)c1. The fraction of sp³-hybridized carbons (Fsp3) is 0.333. The molecule has 4 heteroatoms. The summed E-state index contributed by atoms with van der Waals surface area (Å²) in [5.74, 6) is 0.0913. The summed E-state index contributed by atoms with van der Waals surface area (Å²) in [6, 6.07) is 7.62. The maximum absolute atomic E-state index is 11.1. The van der Waals surface area contributed by atoms with E-state index in [-0.39, 0.29) is 5.97 Å². The van der Waals surface area contributed by atoms with Gasteiger partial charge in [-0.25, -0.2) is 0 Å². The van der Waals surface area contributed by atoms with Gasteiger partial charge >= 0.3 is 5.97 Å². The Kier molecular flexibility index (Phi) is 4.87. The number of rotatable bonds is 4. The molecule has 0 aromatic heterocycles. The second kappa shape index (κ2) is 6.19. The molecule has 0 spiro atoms. The van der Waals surface area contributed by atoms with Gasteiger partial charge in [-0.3, -0.25) is 4.79 Å². The van der Waals surface area contributed by atoms with Crippen molar-refractivity contribution in [3.05, 3.63) is 29.3 Å². The van der Waals surface area contributed by atoms with Gasteiger partial charge in [0.05, 0.1) is 24.0 Å². The molecule has 0 saturated heterocycles. The van der Waals surface area contributed by atoms with E-state index in [4.69, 9.17) is 10.00 Å². The van der Waals surface area contributed by atoms with Gasteiger partial charge in [-0.1, -0.05) is 0 Å². The van der Waals surface area contributed by atoms with Crippen LogP contribution in [0, 0.1) is 18.3 Å². The summed E-state index contributed by atoms with van der Waals surface area (Å²) in [7, 11) is 0. The Balaban J connectivity index is 2.59. The van der Waals surface area contributed by atoms with Gasteiger partial charge in [-0.05, 0) is 37.6 Å². The fourth-order valence-corrected chi connectivity index (χ4v) is 1.99. The normalized spacial score (nSPS) is 9.56. The van der Waals surface area contributed by atoms with Gasteiger partial charge in [0.2, 0.25) is 0 Å². The van der Waals surface area contributed by atoms with Crippen LogP contribution in [0.4, 0.5) is 0 Å². The molecule has 1 aromatic rings. The zero-order valence-electron chi connectivity index (χ0n) is 9.32. The third-order valence-electron chi connectivity index (χ3n) is 1.98. The zero-order valence-corrected chi connectivity index (χ0v) is 10.1. The molecule has 0 aliphatic rings. The molecule has 0 radical (unpaired) electrons. The summed E-state index contributed by atoms with van der Waals surface area (Å²) in [5.41, 5.74) is 1.59. The topological polar surface area (TPSA) is 50.1 Å². The number of carbonyl (C=O) groups excluding carboxylic acids is 1. The lowest BCUT2D eigenvalue weighted by Crippen LogP contribution is -2.06. The molecular weight excluding hydrogens is 222 g/mol. The van der Waals surface area contributed by atoms with E-state index in [0.29, 0.717) is 17.9 Å². The molecule has 0 fully saturated rings. The number of hydrogen-bond donors (Lipinski definition) is 0. The number of aryl methyl sites for hydroxylation is 1. The Morgan fingerprint density at radius 3 is 2.88 bits per heavy atom. The molecule has 0 atom stereocenters. The molecule has 1 rings (SSSR count). The molecule has 0 aliphatic heterocycles. The van der Waals surface area contributed by atoms with Crippen LogP contribution < -0.4 is 0 Å². The van der Waals surface area contributed by atoms with Crippen LogP contribution in [0.3, 0.4) is 0 Å². The largest absolute Gasteiger partial charge is 0.465 e. The van der Waals surface area contributed by atoms with Gasteiger partial charge in [0.25, 0.3) is 0 Å². The first kappa shape index (κ1) is 12.6. The lowest BCUT2D eigenvalue weighted by atomic mass is 10.1. The van der Waals surface area contributed by atoms with Gasteiger partial charge in [0.1, 0.15) is 0 Å². The highest BCUT2D eigenvalue weighted by Crippen LogP contribution is 2.21. The van der Waals surface area contributed by atoms with Crippen LogP contribution in [0.5, 0.6) is 0 Å². The minimum absolute atomic E-state index is 0.213. The van der Waals surface area contributed by atoms with Crippen LogP contribution in [0.2, 0.25) is 0 Å². The third-order valence-corrected chi connectivity index (χ3v) is 2.95. The van der Waals surface area contributed by atoms with Crippen molar-refractivity contribution < 1.29 is 9.53 Å². The highest BCUT2D eigenvalue weighted by atomic mass is 32.2. The van der Waals surface area contributed by atoms with E-state index < -0.39 is 0 Å². The molecule has 0 amide bonds. The Hall–Kier alpha value is -1.47. The molecule has 3 nitrogen and oxygen atoms in total. The van der Waals surface area contributed by atoms with Crippen molar-refractivity contribution in [3.63, 3.8) is 0 Å². The van der Waals surface area contributed by atoms with Crippen molar-refractivity contribution >= 4 is 17.7 Å². The van der Waals surface area contributed by atoms with Crippen molar-refractivity contribution in [1.82, 2.24) is 0 Å². The lowest BCUT2D eigenvalue weighted by Gasteiger charge is -2.03. The molecule has 0 bridgehead atoms. The number of hydrogen-bond acceptors (Lipinski definition) is 4. The van der Waals surface area contributed by atoms with Gasteiger partial charge in [0.15, 0.2) is 0 Å². The number of carbonyl (C=O) groups is 1. The first-order valence-electron chi connectivity index (χ1n) is 4.96. The van der Waals surface area contributed by atoms with Gasteiger partial charge in [0, 0.05) is 4.90 Å². The van der Waals surface area contributed by atoms with E-state index in [1.54, 1.807) is 13.0 Å². The van der Waals surface area contributed by atoms with Crippen LogP contribution in [0.25, 0.3) is 0 Å². The van der Waals surface area contributed by atoms with Crippen LogP contribution in [-0.4, -0.2) is 18.3 Å². The Labute approximate surface area is 99.4 Å². The monoisotopic (exact) mass is 235 g/mol. The number of ether oxygens (including phenoxy) is 1. The van der Waals surface area contributed by atoms with Crippen molar-refractivity contribution in [1.29, 1.82) is 5.26 Å². The van der Waals surface area contributed by atoms with E-state index in [1.807, 2.05) is 19.1 Å². The number of nitriles is 1. The van der Waals surface area contributed by atoms with E-state index in [2.05, 4.69) is 6.07 Å². The Bertz CT molecular complexity index is 424. The smallest absolute Gasteiger partial charge is 0.316 e. The second-order valence-electron chi connectivity index (χ2n) is 3.18. The molecule has 16 heavy (non-hydrogen) atoms. The summed E-state index contributed by atoms with van der Waals surface area (Å²) in [6.07, 6.45) is 0. The summed E-state index contributed by atoms with van der Waals surface area (Å²) < 4.78 is 4.83. The summed E-state index contributed by atoms with van der Waals surface area (Å²) in [6.45, 7) is 4.08. The fourth-order valence-electron chi connectivity index (χ4n) is 1.20. The maximum atomic E-state index is 11.1. The van der Waals surface area contributed by atoms with Crippen molar-refractivity contribution in [2.75, 3.05) is 12.4 Å². The predicted octanol–water partition coefficient (Wildman–Crippen LogP) is 2.52. The van der Waals surface area contributed by atoms with Crippen LogP contribution >= 0.6 is 11.8 Å². The predicted molar refractivity (Wildman–Crippen MR) is 63.3 cm³/mol. The first-order chi connectivity index (χ1) is 7.67. The number of esters is 1. The van der Waals surface area contributed by atoms with Crippen molar-refractivity contribution in [3.8, 4) is 6.07 Å². The standard InChI is InChI=1S/C12H13NO2S/c1-3-15-12(14)8-16-11-5-4-10(7-13)9(2)6-11/h4-6H,3,8H2,1-2H3. The molecular formula is C12H13NO2S. The highest BCUT2D eigenvalue weighted by molar-refractivity contribution is 8.00. The molecule has 0 heterocycles. The summed E-state index contributed by atoms with van der Waals surface area (Å²) >= 11 is 1.42. The number of nitrogens with zero attached hydrogens (tertiary/aromatic N) is 1. The zero-order chi connectivity index (χ0) is 12.0. The van der Waals surface area contributed by atoms with Gasteiger partial charge in [-0.15, -0.1) is 11.8 Å².